The fraction of sp³-hybridized carbons (Fsp3) is 0.438. The van der Waals surface area contributed by atoms with Crippen molar-refractivity contribution in [3.05, 3.63) is 40.7 Å². The Morgan fingerprint density at radius 1 is 1.33 bits per heavy atom. The molecule has 24 heavy (non-hydrogen) atoms. The van der Waals surface area contributed by atoms with Gasteiger partial charge in [0.1, 0.15) is 12.9 Å². The number of non-ortho nitro benzene ring substituents is 1. The number of carbonyl (C=O) groups excluding carboxylic acids is 1. The largest absolute Gasteiger partial charge is 0.354 e. The standard InChI is InChI=1S/C16H21N5O3/c1-2-3-4-5-9-17-15(22)11-20-12-18-16(19-20)13-7-6-8-14(10-13)21(23)24/h6-8,10,12H,2-5,9,11H2,1H3,(H,17,22). The maximum Gasteiger partial charge on any atom is 0.270 e. The van der Waals surface area contributed by atoms with E-state index in [-0.39, 0.29) is 18.1 Å². The van der Waals surface area contributed by atoms with E-state index in [1.54, 1.807) is 12.1 Å². The molecule has 0 bridgehead atoms. The summed E-state index contributed by atoms with van der Waals surface area (Å²) in [4.78, 5) is 26.3. The van der Waals surface area contributed by atoms with Gasteiger partial charge in [-0.3, -0.25) is 14.9 Å². The molecule has 0 aliphatic rings. The summed E-state index contributed by atoms with van der Waals surface area (Å²) in [7, 11) is 0. The molecule has 0 spiro atoms. The number of aromatic nitrogens is 3. The van der Waals surface area contributed by atoms with E-state index in [2.05, 4.69) is 22.3 Å². The Balaban J connectivity index is 1.90. The average Bonchev–Trinajstić information content (AvgIpc) is 3.03. The zero-order valence-electron chi connectivity index (χ0n) is 13.6. The third kappa shape index (κ3) is 5.15. The zero-order chi connectivity index (χ0) is 17.4. The molecule has 1 N–H and O–H groups in total. The van der Waals surface area contributed by atoms with Crippen LogP contribution in [0.2, 0.25) is 0 Å². The van der Waals surface area contributed by atoms with Gasteiger partial charge in [0.2, 0.25) is 5.91 Å². The summed E-state index contributed by atoms with van der Waals surface area (Å²) in [5, 5.41) is 17.9. The predicted octanol–water partition coefficient (Wildman–Crippen LogP) is 2.55. The van der Waals surface area contributed by atoms with Crippen LogP contribution in [0.5, 0.6) is 0 Å². The van der Waals surface area contributed by atoms with Crippen LogP contribution in [0.25, 0.3) is 11.4 Å². The van der Waals surface area contributed by atoms with E-state index in [1.165, 1.54) is 29.6 Å². The second kappa shape index (κ2) is 8.76. The molecule has 0 unspecified atom stereocenters. The average molecular weight is 331 g/mol. The van der Waals surface area contributed by atoms with Crippen LogP contribution in [0.3, 0.4) is 0 Å². The molecule has 128 valence electrons. The smallest absolute Gasteiger partial charge is 0.270 e. The van der Waals surface area contributed by atoms with Crippen LogP contribution in [0, 0.1) is 10.1 Å². The van der Waals surface area contributed by atoms with Crippen molar-refractivity contribution >= 4 is 11.6 Å². The lowest BCUT2D eigenvalue weighted by Gasteiger charge is -2.04. The number of carbonyl (C=O) groups is 1. The quantitative estimate of drug-likeness (QED) is 0.432. The van der Waals surface area contributed by atoms with E-state index in [9.17, 15) is 14.9 Å². The van der Waals surface area contributed by atoms with Gasteiger partial charge < -0.3 is 5.32 Å². The first-order valence-electron chi connectivity index (χ1n) is 8.01. The fourth-order valence-corrected chi connectivity index (χ4v) is 2.24. The number of hydrogen-bond acceptors (Lipinski definition) is 5. The molecule has 0 atom stereocenters. The van der Waals surface area contributed by atoms with Crippen molar-refractivity contribution in [2.75, 3.05) is 6.54 Å². The Morgan fingerprint density at radius 3 is 2.92 bits per heavy atom. The number of nitro benzene ring substituents is 1. The first kappa shape index (κ1) is 17.6. The van der Waals surface area contributed by atoms with E-state index in [0.29, 0.717) is 17.9 Å². The number of unbranched alkanes of at least 4 members (excludes halogenated alkanes) is 3. The van der Waals surface area contributed by atoms with E-state index in [0.717, 1.165) is 19.3 Å². The lowest BCUT2D eigenvalue weighted by atomic mass is 10.2. The van der Waals surface area contributed by atoms with Crippen molar-refractivity contribution in [3.63, 3.8) is 0 Å². The van der Waals surface area contributed by atoms with Crippen LogP contribution in [0.4, 0.5) is 5.69 Å². The highest BCUT2D eigenvalue weighted by Crippen LogP contribution is 2.20. The molecule has 1 aromatic carbocycles. The minimum Gasteiger partial charge on any atom is -0.354 e. The van der Waals surface area contributed by atoms with Crippen molar-refractivity contribution in [2.45, 2.75) is 39.2 Å². The second-order valence-electron chi connectivity index (χ2n) is 5.48. The van der Waals surface area contributed by atoms with Crippen molar-refractivity contribution in [1.82, 2.24) is 20.1 Å². The van der Waals surface area contributed by atoms with Crippen molar-refractivity contribution in [2.24, 2.45) is 0 Å². The number of nitrogens with one attached hydrogen (secondary N) is 1. The molecule has 1 amide bonds. The van der Waals surface area contributed by atoms with E-state index >= 15 is 0 Å². The lowest BCUT2D eigenvalue weighted by molar-refractivity contribution is -0.384. The van der Waals surface area contributed by atoms with Gasteiger partial charge >= 0.3 is 0 Å². The molecule has 0 aliphatic heterocycles. The van der Waals surface area contributed by atoms with Gasteiger partial charge in [0.25, 0.3) is 5.69 Å². The molecular weight excluding hydrogens is 310 g/mol. The van der Waals surface area contributed by atoms with Gasteiger partial charge in [0.05, 0.1) is 4.92 Å². The molecule has 2 aromatic rings. The first-order chi connectivity index (χ1) is 11.6. The Morgan fingerprint density at radius 2 is 2.17 bits per heavy atom. The maximum atomic E-state index is 11.8. The minimum atomic E-state index is -0.466. The van der Waals surface area contributed by atoms with Crippen LogP contribution in [-0.2, 0) is 11.3 Å². The summed E-state index contributed by atoms with van der Waals surface area (Å²) in [6, 6.07) is 6.09. The number of rotatable bonds is 9. The summed E-state index contributed by atoms with van der Waals surface area (Å²) in [5.41, 5.74) is 0.525. The maximum absolute atomic E-state index is 11.8. The van der Waals surface area contributed by atoms with Crippen molar-refractivity contribution in [3.8, 4) is 11.4 Å². The highest BCUT2D eigenvalue weighted by atomic mass is 16.6. The van der Waals surface area contributed by atoms with Gasteiger partial charge in [-0.15, -0.1) is 0 Å². The van der Waals surface area contributed by atoms with E-state index in [4.69, 9.17) is 0 Å². The van der Waals surface area contributed by atoms with Crippen LogP contribution < -0.4 is 5.32 Å². The van der Waals surface area contributed by atoms with Gasteiger partial charge in [0, 0.05) is 24.2 Å². The number of nitro groups is 1. The third-order valence-corrected chi connectivity index (χ3v) is 3.51. The lowest BCUT2D eigenvalue weighted by Crippen LogP contribution is -2.28. The number of nitrogens with zero attached hydrogens (tertiary/aromatic N) is 4. The first-order valence-corrected chi connectivity index (χ1v) is 8.01. The van der Waals surface area contributed by atoms with Gasteiger partial charge in [0.15, 0.2) is 5.82 Å². The topological polar surface area (TPSA) is 103 Å². The molecule has 2 rings (SSSR count). The van der Waals surface area contributed by atoms with Crippen LogP contribution in [0.1, 0.15) is 32.6 Å². The molecule has 0 fully saturated rings. The third-order valence-electron chi connectivity index (χ3n) is 3.51. The summed E-state index contributed by atoms with van der Waals surface area (Å²) in [5.74, 6) is 0.233. The zero-order valence-corrected chi connectivity index (χ0v) is 13.6. The molecule has 1 aromatic heterocycles. The second-order valence-corrected chi connectivity index (χ2v) is 5.48. The van der Waals surface area contributed by atoms with Crippen molar-refractivity contribution < 1.29 is 9.72 Å². The normalized spacial score (nSPS) is 10.5. The van der Waals surface area contributed by atoms with Gasteiger partial charge in [-0.05, 0) is 6.42 Å². The number of hydrogen-bond donors (Lipinski definition) is 1. The highest BCUT2D eigenvalue weighted by molar-refractivity contribution is 5.75. The molecule has 0 aliphatic carbocycles. The number of amides is 1. The fourth-order valence-electron chi connectivity index (χ4n) is 2.24. The molecule has 8 nitrogen and oxygen atoms in total. The van der Waals surface area contributed by atoms with E-state index in [1.807, 2.05) is 0 Å². The number of benzene rings is 1. The molecular formula is C16H21N5O3. The van der Waals surface area contributed by atoms with Gasteiger partial charge in [-0.25, -0.2) is 9.67 Å². The van der Waals surface area contributed by atoms with Crippen LogP contribution in [0.15, 0.2) is 30.6 Å². The summed E-state index contributed by atoms with van der Waals surface area (Å²) in [6.07, 6.45) is 5.86. The summed E-state index contributed by atoms with van der Waals surface area (Å²) < 4.78 is 1.43. The Labute approximate surface area is 140 Å². The molecule has 0 saturated heterocycles. The minimum absolute atomic E-state index is 0.0197. The summed E-state index contributed by atoms with van der Waals surface area (Å²) in [6.45, 7) is 2.88. The molecule has 0 saturated carbocycles. The summed E-state index contributed by atoms with van der Waals surface area (Å²) >= 11 is 0. The van der Waals surface area contributed by atoms with E-state index < -0.39 is 4.92 Å². The molecule has 1 heterocycles. The highest BCUT2D eigenvalue weighted by Gasteiger charge is 2.11. The molecule has 0 radical (unpaired) electrons. The molecule has 8 heteroatoms. The SMILES string of the molecule is CCCCCCNC(=O)Cn1cnc(-c2cccc([N+](=O)[O-])c2)n1. The van der Waals surface area contributed by atoms with Gasteiger partial charge in [-0.1, -0.05) is 38.3 Å². The monoisotopic (exact) mass is 331 g/mol. The van der Waals surface area contributed by atoms with Crippen LogP contribution >= 0.6 is 0 Å². The Kier molecular flexibility index (Phi) is 6.41. The Hall–Kier alpha value is -2.77. The van der Waals surface area contributed by atoms with Crippen molar-refractivity contribution in [1.29, 1.82) is 0 Å². The van der Waals surface area contributed by atoms with Crippen LogP contribution in [-0.4, -0.2) is 32.1 Å². The predicted molar refractivity (Wildman–Crippen MR) is 89.3 cm³/mol. The Bertz CT molecular complexity index is 699. The van der Waals surface area contributed by atoms with Gasteiger partial charge in [-0.2, -0.15) is 5.10 Å².